The summed E-state index contributed by atoms with van der Waals surface area (Å²) in [5.41, 5.74) is 0.994. The van der Waals surface area contributed by atoms with Gasteiger partial charge in [-0.05, 0) is 42.5 Å². The molecule has 0 aliphatic carbocycles. The van der Waals surface area contributed by atoms with Crippen molar-refractivity contribution in [1.82, 2.24) is 4.72 Å². The van der Waals surface area contributed by atoms with E-state index in [1.165, 1.54) is 12.1 Å². The fourth-order valence-electron chi connectivity index (χ4n) is 2.80. The van der Waals surface area contributed by atoms with Crippen LogP contribution in [-0.4, -0.2) is 20.5 Å². The predicted molar refractivity (Wildman–Crippen MR) is 103 cm³/mol. The molecular formula is C19H24N2O5S. The predicted octanol–water partition coefficient (Wildman–Crippen LogP) is 3.98. The molecule has 0 aromatic heterocycles. The van der Waals surface area contributed by atoms with E-state index < -0.39 is 21.0 Å². The number of nitro benzene ring substituents is 1. The summed E-state index contributed by atoms with van der Waals surface area (Å²) in [7, 11) is -2.38. The number of non-ortho nitro benzene ring substituents is 1. The molecule has 0 bridgehead atoms. The molecule has 2 aromatic carbocycles. The Kier molecular flexibility index (Phi) is 6.56. The first-order valence-electron chi connectivity index (χ1n) is 8.55. The van der Waals surface area contributed by atoms with Crippen LogP contribution in [0.5, 0.6) is 5.75 Å². The average molecular weight is 392 g/mol. The molecule has 0 fully saturated rings. The number of nitrogens with one attached hydrogen (secondary N) is 1. The van der Waals surface area contributed by atoms with Crippen LogP contribution >= 0.6 is 0 Å². The van der Waals surface area contributed by atoms with E-state index in [9.17, 15) is 18.5 Å². The standard InChI is InChI=1S/C19H24N2O5S/c1-13(2)11-18(15-6-9-17(26-4)10-7-15)20-27(24,25)19-12-16(21(22)23)8-5-14(19)3/h5-10,12-13,18,20H,11H2,1-4H3/t18-/m1/s1. The molecule has 2 aromatic rings. The molecular weight excluding hydrogens is 368 g/mol. The fraction of sp³-hybridized carbons (Fsp3) is 0.368. The molecule has 1 atom stereocenters. The number of rotatable bonds is 8. The molecule has 146 valence electrons. The van der Waals surface area contributed by atoms with Gasteiger partial charge in [-0.1, -0.05) is 32.0 Å². The third-order valence-corrected chi connectivity index (χ3v) is 5.81. The van der Waals surface area contributed by atoms with Gasteiger partial charge in [-0.2, -0.15) is 0 Å². The van der Waals surface area contributed by atoms with Crippen molar-refractivity contribution in [3.8, 4) is 5.75 Å². The van der Waals surface area contributed by atoms with Crippen molar-refractivity contribution in [3.05, 3.63) is 63.7 Å². The first-order chi connectivity index (χ1) is 12.6. The van der Waals surface area contributed by atoms with Crippen LogP contribution in [0.1, 0.15) is 37.4 Å². The number of hydrogen-bond acceptors (Lipinski definition) is 5. The maximum atomic E-state index is 13.0. The highest BCUT2D eigenvalue weighted by molar-refractivity contribution is 7.89. The summed E-state index contributed by atoms with van der Waals surface area (Å²) >= 11 is 0. The van der Waals surface area contributed by atoms with Crippen LogP contribution in [0, 0.1) is 23.0 Å². The van der Waals surface area contributed by atoms with Gasteiger partial charge < -0.3 is 4.74 Å². The van der Waals surface area contributed by atoms with Gasteiger partial charge in [-0.3, -0.25) is 10.1 Å². The number of benzene rings is 2. The van der Waals surface area contributed by atoms with Crippen molar-refractivity contribution in [2.24, 2.45) is 5.92 Å². The molecule has 0 spiro atoms. The monoisotopic (exact) mass is 392 g/mol. The second kappa shape index (κ2) is 8.49. The molecule has 0 aliphatic rings. The van der Waals surface area contributed by atoms with Crippen LogP contribution in [0.4, 0.5) is 5.69 Å². The van der Waals surface area contributed by atoms with Crippen molar-refractivity contribution in [3.63, 3.8) is 0 Å². The van der Waals surface area contributed by atoms with E-state index in [2.05, 4.69) is 4.72 Å². The highest BCUT2D eigenvalue weighted by Crippen LogP contribution is 2.28. The lowest BCUT2D eigenvalue weighted by Gasteiger charge is -2.22. The average Bonchev–Trinajstić information content (AvgIpc) is 2.60. The maximum Gasteiger partial charge on any atom is 0.270 e. The number of methoxy groups -OCH3 is 1. The van der Waals surface area contributed by atoms with Crippen LogP contribution in [0.2, 0.25) is 0 Å². The summed E-state index contributed by atoms with van der Waals surface area (Å²) < 4.78 is 33.8. The Balaban J connectivity index is 2.40. The molecule has 8 heteroatoms. The Hall–Kier alpha value is -2.45. The molecule has 1 N–H and O–H groups in total. The molecule has 0 radical (unpaired) electrons. The van der Waals surface area contributed by atoms with E-state index in [-0.39, 0.29) is 16.5 Å². The van der Waals surface area contributed by atoms with Crippen molar-refractivity contribution in [1.29, 1.82) is 0 Å². The van der Waals surface area contributed by atoms with Gasteiger partial charge >= 0.3 is 0 Å². The summed E-state index contributed by atoms with van der Waals surface area (Å²) in [5, 5.41) is 11.0. The zero-order valence-electron chi connectivity index (χ0n) is 15.8. The number of nitrogens with zero attached hydrogens (tertiary/aromatic N) is 1. The Labute approximate surface area is 159 Å². The number of aryl methyl sites for hydroxylation is 1. The lowest BCUT2D eigenvalue weighted by Crippen LogP contribution is -2.30. The van der Waals surface area contributed by atoms with E-state index in [0.717, 1.165) is 11.6 Å². The number of sulfonamides is 1. The SMILES string of the molecule is COc1ccc([C@@H](CC(C)C)NS(=O)(=O)c2cc([N+](=O)[O-])ccc2C)cc1. The van der Waals surface area contributed by atoms with Gasteiger partial charge in [0.05, 0.1) is 16.9 Å². The number of hydrogen-bond donors (Lipinski definition) is 1. The van der Waals surface area contributed by atoms with Crippen molar-refractivity contribution < 1.29 is 18.1 Å². The summed E-state index contributed by atoms with van der Waals surface area (Å²) in [6, 6.07) is 10.5. The molecule has 0 aliphatic heterocycles. The van der Waals surface area contributed by atoms with Crippen LogP contribution in [0.15, 0.2) is 47.4 Å². The molecule has 0 saturated heterocycles. The van der Waals surface area contributed by atoms with Gasteiger partial charge in [-0.25, -0.2) is 13.1 Å². The Morgan fingerprint density at radius 2 is 1.78 bits per heavy atom. The Bertz CT molecular complexity index is 908. The van der Waals surface area contributed by atoms with Crippen molar-refractivity contribution >= 4 is 15.7 Å². The van der Waals surface area contributed by atoms with Crippen LogP contribution in [-0.2, 0) is 10.0 Å². The summed E-state index contributed by atoms with van der Waals surface area (Å²) in [6.45, 7) is 5.62. The lowest BCUT2D eigenvalue weighted by molar-refractivity contribution is -0.385. The van der Waals surface area contributed by atoms with E-state index in [1.54, 1.807) is 26.2 Å². The molecule has 27 heavy (non-hydrogen) atoms. The van der Waals surface area contributed by atoms with Gasteiger partial charge in [0.15, 0.2) is 0 Å². The second-order valence-corrected chi connectivity index (χ2v) is 8.47. The lowest BCUT2D eigenvalue weighted by atomic mass is 9.98. The third-order valence-electron chi connectivity index (χ3n) is 4.19. The molecule has 0 amide bonds. The molecule has 0 unspecified atom stereocenters. The number of ether oxygens (including phenoxy) is 1. The van der Waals surface area contributed by atoms with Crippen LogP contribution < -0.4 is 9.46 Å². The zero-order chi connectivity index (χ0) is 20.2. The topological polar surface area (TPSA) is 98.5 Å². The number of nitro groups is 1. The molecule has 7 nitrogen and oxygen atoms in total. The minimum absolute atomic E-state index is 0.0843. The smallest absolute Gasteiger partial charge is 0.270 e. The minimum atomic E-state index is -3.94. The highest BCUT2D eigenvalue weighted by Gasteiger charge is 2.25. The van der Waals surface area contributed by atoms with E-state index in [1.807, 2.05) is 26.0 Å². The van der Waals surface area contributed by atoms with Gasteiger partial charge in [0.1, 0.15) is 5.75 Å². The van der Waals surface area contributed by atoms with Crippen LogP contribution in [0.3, 0.4) is 0 Å². The minimum Gasteiger partial charge on any atom is -0.497 e. The van der Waals surface area contributed by atoms with E-state index in [4.69, 9.17) is 4.74 Å². The quantitative estimate of drug-likeness (QED) is 0.541. The van der Waals surface area contributed by atoms with Crippen molar-refractivity contribution in [2.45, 2.75) is 38.1 Å². The Morgan fingerprint density at radius 1 is 1.15 bits per heavy atom. The zero-order valence-corrected chi connectivity index (χ0v) is 16.6. The van der Waals surface area contributed by atoms with Gasteiger partial charge in [0.2, 0.25) is 10.0 Å². The molecule has 0 heterocycles. The second-order valence-electron chi connectivity index (χ2n) is 6.78. The molecule has 0 saturated carbocycles. The van der Waals surface area contributed by atoms with Gasteiger partial charge in [0, 0.05) is 18.2 Å². The van der Waals surface area contributed by atoms with Gasteiger partial charge in [-0.15, -0.1) is 0 Å². The molecule has 2 rings (SSSR count). The summed E-state index contributed by atoms with van der Waals surface area (Å²) in [6.07, 6.45) is 0.583. The largest absolute Gasteiger partial charge is 0.497 e. The highest BCUT2D eigenvalue weighted by atomic mass is 32.2. The van der Waals surface area contributed by atoms with E-state index >= 15 is 0 Å². The van der Waals surface area contributed by atoms with Gasteiger partial charge in [0.25, 0.3) is 5.69 Å². The third kappa shape index (κ3) is 5.27. The first kappa shape index (κ1) is 20.9. The summed E-state index contributed by atoms with van der Waals surface area (Å²) in [5.74, 6) is 0.922. The summed E-state index contributed by atoms with van der Waals surface area (Å²) in [4.78, 5) is 10.3. The Morgan fingerprint density at radius 3 is 2.30 bits per heavy atom. The van der Waals surface area contributed by atoms with Crippen LogP contribution in [0.25, 0.3) is 0 Å². The normalized spacial score (nSPS) is 12.8. The maximum absolute atomic E-state index is 13.0. The fourth-order valence-corrected chi connectivity index (χ4v) is 4.30. The van der Waals surface area contributed by atoms with E-state index in [0.29, 0.717) is 17.7 Å². The van der Waals surface area contributed by atoms with Crippen molar-refractivity contribution in [2.75, 3.05) is 7.11 Å². The first-order valence-corrected chi connectivity index (χ1v) is 10.0.